The standard InChI is InChI=1S/C11H16N2O/c1-7-5-9(8(2)12-7)6-11(14)13-10-3-4-10/h5,10,12H,3-4,6H2,1-2H3,(H,13,14). The zero-order chi connectivity index (χ0) is 10.1. The van der Waals surface area contributed by atoms with Gasteiger partial charge in [-0.2, -0.15) is 0 Å². The smallest absolute Gasteiger partial charge is 0.224 e. The van der Waals surface area contributed by atoms with Crippen molar-refractivity contribution < 1.29 is 4.79 Å². The number of hydrogen-bond donors (Lipinski definition) is 2. The first-order chi connectivity index (χ1) is 6.65. The van der Waals surface area contributed by atoms with Gasteiger partial charge in [0.2, 0.25) is 5.91 Å². The molecule has 1 amide bonds. The molecule has 1 aromatic heterocycles. The number of nitrogens with one attached hydrogen (secondary N) is 2. The molecule has 1 aliphatic rings. The van der Waals surface area contributed by atoms with Crippen LogP contribution >= 0.6 is 0 Å². The third-order valence-corrected chi connectivity index (χ3v) is 2.55. The molecule has 0 bridgehead atoms. The maximum absolute atomic E-state index is 11.5. The van der Waals surface area contributed by atoms with Crippen molar-refractivity contribution in [3.8, 4) is 0 Å². The highest BCUT2D eigenvalue weighted by Crippen LogP contribution is 2.19. The van der Waals surface area contributed by atoms with Crippen molar-refractivity contribution in [2.45, 2.75) is 39.2 Å². The lowest BCUT2D eigenvalue weighted by molar-refractivity contribution is -0.120. The molecule has 76 valence electrons. The maximum atomic E-state index is 11.5. The van der Waals surface area contributed by atoms with E-state index in [-0.39, 0.29) is 5.91 Å². The highest BCUT2D eigenvalue weighted by molar-refractivity contribution is 5.79. The predicted molar refractivity (Wildman–Crippen MR) is 55.1 cm³/mol. The molecule has 2 rings (SSSR count). The fourth-order valence-electron chi connectivity index (χ4n) is 1.64. The van der Waals surface area contributed by atoms with E-state index in [1.165, 1.54) is 0 Å². The van der Waals surface area contributed by atoms with E-state index in [0.717, 1.165) is 29.8 Å². The maximum Gasteiger partial charge on any atom is 0.224 e. The highest BCUT2D eigenvalue weighted by atomic mass is 16.1. The van der Waals surface area contributed by atoms with Gasteiger partial charge in [-0.05, 0) is 38.3 Å². The molecule has 0 saturated heterocycles. The minimum Gasteiger partial charge on any atom is -0.362 e. The molecule has 1 aliphatic carbocycles. The Morgan fingerprint density at radius 2 is 2.29 bits per heavy atom. The fourth-order valence-corrected chi connectivity index (χ4v) is 1.64. The molecule has 1 aromatic rings. The van der Waals surface area contributed by atoms with Crippen LogP contribution in [0.15, 0.2) is 6.07 Å². The Morgan fingerprint density at radius 1 is 1.57 bits per heavy atom. The second kappa shape index (κ2) is 3.48. The first-order valence-electron chi connectivity index (χ1n) is 5.09. The number of carbonyl (C=O) groups excluding carboxylic acids is 1. The van der Waals surface area contributed by atoms with E-state index in [4.69, 9.17) is 0 Å². The minimum atomic E-state index is 0.148. The second-order valence-corrected chi connectivity index (χ2v) is 4.12. The third kappa shape index (κ3) is 2.16. The first-order valence-corrected chi connectivity index (χ1v) is 5.09. The molecular weight excluding hydrogens is 176 g/mol. The Labute approximate surface area is 83.9 Å². The average Bonchev–Trinajstić information content (AvgIpc) is 2.81. The molecule has 1 heterocycles. The van der Waals surface area contributed by atoms with Gasteiger partial charge in [0.25, 0.3) is 0 Å². The molecule has 0 aromatic carbocycles. The van der Waals surface area contributed by atoms with Crippen LogP contribution in [0.2, 0.25) is 0 Å². The Bertz CT molecular complexity index is 350. The van der Waals surface area contributed by atoms with Gasteiger partial charge in [0.1, 0.15) is 0 Å². The van der Waals surface area contributed by atoms with E-state index in [0.29, 0.717) is 12.5 Å². The van der Waals surface area contributed by atoms with Crippen molar-refractivity contribution in [3.05, 3.63) is 23.0 Å². The predicted octanol–water partition coefficient (Wildman–Crippen LogP) is 1.45. The van der Waals surface area contributed by atoms with Gasteiger partial charge in [0.05, 0.1) is 6.42 Å². The zero-order valence-corrected chi connectivity index (χ0v) is 8.68. The number of aryl methyl sites for hydroxylation is 2. The molecule has 1 saturated carbocycles. The molecular formula is C11H16N2O. The van der Waals surface area contributed by atoms with E-state index < -0.39 is 0 Å². The third-order valence-electron chi connectivity index (χ3n) is 2.55. The van der Waals surface area contributed by atoms with E-state index >= 15 is 0 Å². The monoisotopic (exact) mass is 192 g/mol. The average molecular weight is 192 g/mol. The van der Waals surface area contributed by atoms with Gasteiger partial charge in [-0.3, -0.25) is 4.79 Å². The highest BCUT2D eigenvalue weighted by Gasteiger charge is 2.23. The van der Waals surface area contributed by atoms with Crippen LogP contribution in [0, 0.1) is 13.8 Å². The minimum absolute atomic E-state index is 0.148. The van der Waals surface area contributed by atoms with E-state index in [9.17, 15) is 4.79 Å². The zero-order valence-electron chi connectivity index (χ0n) is 8.68. The van der Waals surface area contributed by atoms with Gasteiger partial charge in [-0.15, -0.1) is 0 Å². The molecule has 0 atom stereocenters. The number of carbonyl (C=O) groups is 1. The quantitative estimate of drug-likeness (QED) is 0.748. The summed E-state index contributed by atoms with van der Waals surface area (Å²) in [6, 6.07) is 2.50. The van der Waals surface area contributed by atoms with Crippen LogP contribution in [-0.4, -0.2) is 16.9 Å². The van der Waals surface area contributed by atoms with Crippen LogP contribution in [0.4, 0.5) is 0 Å². The summed E-state index contributed by atoms with van der Waals surface area (Å²) >= 11 is 0. The van der Waals surface area contributed by atoms with Crippen molar-refractivity contribution >= 4 is 5.91 Å². The van der Waals surface area contributed by atoms with Gasteiger partial charge in [-0.25, -0.2) is 0 Å². The molecule has 2 N–H and O–H groups in total. The summed E-state index contributed by atoms with van der Waals surface area (Å²) in [7, 11) is 0. The Balaban J connectivity index is 1.95. The van der Waals surface area contributed by atoms with Crippen LogP contribution in [0.5, 0.6) is 0 Å². The summed E-state index contributed by atoms with van der Waals surface area (Å²) in [4.78, 5) is 14.7. The number of H-pyrrole nitrogens is 1. The summed E-state index contributed by atoms with van der Waals surface area (Å²) in [5.41, 5.74) is 3.34. The molecule has 0 spiro atoms. The SMILES string of the molecule is Cc1cc(CC(=O)NC2CC2)c(C)[nH]1. The van der Waals surface area contributed by atoms with Crippen LogP contribution in [-0.2, 0) is 11.2 Å². The van der Waals surface area contributed by atoms with Crippen LogP contribution in [0.1, 0.15) is 29.8 Å². The van der Waals surface area contributed by atoms with Crippen LogP contribution in [0.3, 0.4) is 0 Å². The topological polar surface area (TPSA) is 44.9 Å². The van der Waals surface area contributed by atoms with Crippen LogP contribution < -0.4 is 5.32 Å². The van der Waals surface area contributed by atoms with Crippen molar-refractivity contribution in [2.24, 2.45) is 0 Å². The largest absolute Gasteiger partial charge is 0.362 e. The van der Waals surface area contributed by atoms with Crippen molar-refractivity contribution in [3.63, 3.8) is 0 Å². The van der Waals surface area contributed by atoms with Gasteiger partial charge in [-0.1, -0.05) is 0 Å². The van der Waals surface area contributed by atoms with Crippen LogP contribution in [0.25, 0.3) is 0 Å². The lowest BCUT2D eigenvalue weighted by Gasteiger charge is -2.01. The van der Waals surface area contributed by atoms with E-state index in [1.807, 2.05) is 19.9 Å². The summed E-state index contributed by atoms with van der Waals surface area (Å²) in [6.45, 7) is 4.02. The number of aromatic nitrogens is 1. The Kier molecular flexibility index (Phi) is 2.32. The Morgan fingerprint density at radius 3 is 2.79 bits per heavy atom. The molecule has 14 heavy (non-hydrogen) atoms. The Hall–Kier alpha value is -1.25. The number of hydrogen-bond acceptors (Lipinski definition) is 1. The number of amides is 1. The molecule has 3 heteroatoms. The summed E-state index contributed by atoms with van der Waals surface area (Å²) < 4.78 is 0. The molecule has 1 fully saturated rings. The van der Waals surface area contributed by atoms with Crippen molar-refractivity contribution in [1.29, 1.82) is 0 Å². The van der Waals surface area contributed by atoms with Gasteiger partial charge in [0.15, 0.2) is 0 Å². The second-order valence-electron chi connectivity index (χ2n) is 4.12. The van der Waals surface area contributed by atoms with E-state index in [2.05, 4.69) is 10.3 Å². The summed E-state index contributed by atoms with van der Waals surface area (Å²) in [6.07, 6.45) is 2.81. The van der Waals surface area contributed by atoms with Crippen molar-refractivity contribution in [1.82, 2.24) is 10.3 Å². The van der Waals surface area contributed by atoms with E-state index in [1.54, 1.807) is 0 Å². The molecule has 0 unspecified atom stereocenters. The van der Waals surface area contributed by atoms with Gasteiger partial charge >= 0.3 is 0 Å². The summed E-state index contributed by atoms with van der Waals surface area (Å²) in [5.74, 6) is 0.148. The van der Waals surface area contributed by atoms with Gasteiger partial charge in [0, 0.05) is 17.4 Å². The number of aromatic amines is 1. The molecule has 0 radical (unpaired) electrons. The number of rotatable bonds is 3. The first kappa shape index (κ1) is 9.31. The normalized spacial score (nSPS) is 15.6. The molecule has 3 nitrogen and oxygen atoms in total. The fraction of sp³-hybridized carbons (Fsp3) is 0.545. The van der Waals surface area contributed by atoms with Crippen molar-refractivity contribution in [2.75, 3.05) is 0 Å². The summed E-state index contributed by atoms with van der Waals surface area (Å²) in [5, 5.41) is 2.99. The lowest BCUT2D eigenvalue weighted by Crippen LogP contribution is -2.27. The van der Waals surface area contributed by atoms with Gasteiger partial charge < -0.3 is 10.3 Å². The lowest BCUT2D eigenvalue weighted by atomic mass is 10.1. The molecule has 0 aliphatic heterocycles.